The van der Waals surface area contributed by atoms with Crippen LogP contribution >= 0.6 is 0 Å². The highest BCUT2D eigenvalue weighted by molar-refractivity contribution is 6.08. The molecule has 4 rings (SSSR count). The average Bonchev–Trinajstić information content (AvgIpc) is 2.80. The second-order valence-electron chi connectivity index (χ2n) is 10.7. The van der Waals surface area contributed by atoms with Gasteiger partial charge in [-0.25, -0.2) is 0 Å². The summed E-state index contributed by atoms with van der Waals surface area (Å²) in [6.45, 7) is 11.7. The maximum Gasteiger partial charge on any atom is 0.257 e. The van der Waals surface area contributed by atoms with Crippen LogP contribution in [0.1, 0.15) is 119 Å². The number of rotatable bonds is 6. The minimum atomic E-state index is -0.179. The first kappa shape index (κ1) is 22.2. The fraction of sp³-hybridized carbons (Fsp3) is 0.586. The molecule has 2 heterocycles. The van der Waals surface area contributed by atoms with Gasteiger partial charge in [-0.1, -0.05) is 71.9 Å². The Morgan fingerprint density at radius 2 is 1.97 bits per heavy atom. The SMILES string of the molecule is CCCCC1CCCC(C)(C(C)c2ccc3c(c2)C(=O)c2cccc[n+]2C3(C)CC)C1. The van der Waals surface area contributed by atoms with Crippen molar-refractivity contribution in [1.82, 2.24) is 0 Å². The van der Waals surface area contributed by atoms with Crippen LogP contribution in [0, 0.1) is 11.3 Å². The molecule has 1 saturated carbocycles. The molecule has 2 aliphatic rings. The molecule has 166 valence electrons. The van der Waals surface area contributed by atoms with Crippen molar-refractivity contribution in [3.63, 3.8) is 0 Å². The van der Waals surface area contributed by atoms with E-state index in [0.29, 0.717) is 11.3 Å². The van der Waals surface area contributed by atoms with Crippen LogP contribution in [-0.2, 0) is 5.54 Å². The summed E-state index contributed by atoms with van der Waals surface area (Å²) in [5.41, 5.74) is 4.39. The Balaban J connectivity index is 1.69. The van der Waals surface area contributed by atoms with E-state index in [-0.39, 0.29) is 11.3 Å². The van der Waals surface area contributed by atoms with Crippen molar-refractivity contribution < 1.29 is 9.36 Å². The van der Waals surface area contributed by atoms with Gasteiger partial charge in [-0.05, 0) is 47.8 Å². The molecule has 2 aromatic rings. The first-order valence-electron chi connectivity index (χ1n) is 12.5. The Bertz CT molecular complexity index is 963. The van der Waals surface area contributed by atoms with Crippen molar-refractivity contribution in [1.29, 1.82) is 0 Å². The standard InChI is InChI=1S/C29H40NO/c1-6-8-12-22-13-11-17-28(4,20-22)21(3)23-15-16-25-24(19-23)27(31)26-14-9-10-18-30(26)29(25,5)7-2/h9-10,14-16,18-19,21-22H,6-8,11-13,17,20H2,1-5H3/q+1. The molecule has 1 aromatic carbocycles. The van der Waals surface area contributed by atoms with Crippen LogP contribution in [-0.4, -0.2) is 5.78 Å². The van der Waals surface area contributed by atoms with Crippen LogP contribution in [0.25, 0.3) is 0 Å². The minimum absolute atomic E-state index is 0.171. The number of hydrogen-bond donors (Lipinski definition) is 0. The summed E-state index contributed by atoms with van der Waals surface area (Å²) in [5, 5.41) is 0. The van der Waals surface area contributed by atoms with Crippen molar-refractivity contribution in [3.05, 3.63) is 65.0 Å². The van der Waals surface area contributed by atoms with Gasteiger partial charge < -0.3 is 0 Å². The lowest BCUT2D eigenvalue weighted by molar-refractivity contribution is -0.754. The van der Waals surface area contributed by atoms with E-state index in [1.54, 1.807) is 0 Å². The van der Waals surface area contributed by atoms with Crippen molar-refractivity contribution in [2.45, 2.75) is 97.4 Å². The van der Waals surface area contributed by atoms with E-state index >= 15 is 0 Å². The number of fused-ring (bicyclic) bond motifs is 2. The van der Waals surface area contributed by atoms with Gasteiger partial charge in [0.15, 0.2) is 11.7 Å². The Hall–Kier alpha value is -1.96. The van der Waals surface area contributed by atoms with Gasteiger partial charge in [-0.2, -0.15) is 4.57 Å². The molecule has 0 bridgehead atoms. The summed E-state index contributed by atoms with van der Waals surface area (Å²) in [5.74, 6) is 1.50. The Morgan fingerprint density at radius 3 is 2.71 bits per heavy atom. The van der Waals surface area contributed by atoms with Gasteiger partial charge in [-0.3, -0.25) is 4.79 Å². The Morgan fingerprint density at radius 1 is 1.16 bits per heavy atom. The second-order valence-corrected chi connectivity index (χ2v) is 10.7. The first-order chi connectivity index (χ1) is 14.8. The highest BCUT2D eigenvalue weighted by Gasteiger charge is 2.46. The molecular weight excluding hydrogens is 378 g/mol. The van der Waals surface area contributed by atoms with Gasteiger partial charge in [0.2, 0.25) is 0 Å². The third-order valence-corrected chi connectivity index (χ3v) is 8.81. The fourth-order valence-corrected chi connectivity index (χ4v) is 6.37. The van der Waals surface area contributed by atoms with E-state index in [1.165, 1.54) is 56.1 Å². The zero-order chi connectivity index (χ0) is 22.2. The lowest BCUT2D eigenvalue weighted by Gasteiger charge is -2.43. The van der Waals surface area contributed by atoms with Crippen LogP contribution in [0.5, 0.6) is 0 Å². The number of nitrogens with zero attached hydrogens (tertiary/aromatic N) is 1. The topological polar surface area (TPSA) is 20.9 Å². The number of hydrogen-bond acceptors (Lipinski definition) is 1. The van der Waals surface area contributed by atoms with E-state index in [4.69, 9.17) is 0 Å². The Labute approximate surface area is 189 Å². The molecule has 2 heteroatoms. The summed E-state index contributed by atoms with van der Waals surface area (Å²) in [7, 11) is 0. The first-order valence-corrected chi connectivity index (χ1v) is 12.5. The molecule has 31 heavy (non-hydrogen) atoms. The van der Waals surface area contributed by atoms with Crippen LogP contribution in [0.3, 0.4) is 0 Å². The maximum absolute atomic E-state index is 13.5. The molecule has 0 radical (unpaired) electrons. The summed E-state index contributed by atoms with van der Waals surface area (Å²) in [6.07, 6.45) is 12.4. The number of benzene rings is 1. The molecule has 1 aliphatic carbocycles. The summed E-state index contributed by atoms with van der Waals surface area (Å²) >= 11 is 0. The largest absolute Gasteiger partial charge is 0.282 e. The smallest absolute Gasteiger partial charge is 0.257 e. The van der Waals surface area contributed by atoms with E-state index < -0.39 is 0 Å². The molecule has 1 fully saturated rings. The highest BCUT2D eigenvalue weighted by atomic mass is 16.1. The van der Waals surface area contributed by atoms with Crippen molar-refractivity contribution in [2.24, 2.45) is 11.3 Å². The van der Waals surface area contributed by atoms with Crippen LogP contribution < -0.4 is 4.57 Å². The van der Waals surface area contributed by atoms with Gasteiger partial charge in [-0.15, -0.1) is 0 Å². The van der Waals surface area contributed by atoms with Crippen LogP contribution in [0.15, 0.2) is 42.6 Å². The summed E-state index contributed by atoms with van der Waals surface area (Å²) in [6, 6.07) is 12.8. The molecule has 0 amide bonds. The number of unbranched alkanes of at least 4 members (excludes halogenated alkanes) is 1. The molecular formula is C29H40NO+. The molecule has 4 unspecified atom stereocenters. The Kier molecular flexibility index (Phi) is 6.12. The average molecular weight is 419 g/mol. The van der Waals surface area contributed by atoms with Crippen LogP contribution in [0.2, 0.25) is 0 Å². The van der Waals surface area contributed by atoms with Crippen molar-refractivity contribution >= 4 is 5.78 Å². The van der Waals surface area contributed by atoms with E-state index in [2.05, 4.69) is 63.6 Å². The van der Waals surface area contributed by atoms with Gasteiger partial charge >= 0.3 is 0 Å². The number of ketones is 1. The predicted octanol–water partition coefficient (Wildman–Crippen LogP) is 7.18. The molecule has 4 atom stereocenters. The number of pyridine rings is 1. The second kappa shape index (κ2) is 8.52. The monoisotopic (exact) mass is 418 g/mol. The molecule has 0 N–H and O–H groups in total. The number of carbonyl (C=O) groups excluding carboxylic acids is 1. The molecule has 2 nitrogen and oxygen atoms in total. The number of carbonyl (C=O) groups is 1. The van der Waals surface area contributed by atoms with E-state index in [1.807, 2.05) is 18.2 Å². The third-order valence-electron chi connectivity index (χ3n) is 8.81. The van der Waals surface area contributed by atoms with Gasteiger partial charge in [0.1, 0.15) is 0 Å². The lowest BCUT2D eigenvalue weighted by Crippen LogP contribution is -2.61. The maximum atomic E-state index is 13.5. The van der Waals surface area contributed by atoms with Gasteiger partial charge in [0.05, 0.1) is 0 Å². The third kappa shape index (κ3) is 3.77. The van der Waals surface area contributed by atoms with Gasteiger partial charge in [0.25, 0.3) is 11.5 Å². The van der Waals surface area contributed by atoms with E-state index in [9.17, 15) is 4.79 Å². The zero-order valence-electron chi connectivity index (χ0n) is 20.2. The quantitative estimate of drug-likeness (QED) is 0.455. The number of aromatic nitrogens is 1. The lowest BCUT2D eigenvalue weighted by atomic mass is 9.62. The zero-order valence-corrected chi connectivity index (χ0v) is 20.2. The normalized spacial score (nSPS) is 28.7. The molecule has 0 saturated heterocycles. The minimum Gasteiger partial charge on any atom is -0.282 e. The summed E-state index contributed by atoms with van der Waals surface area (Å²) in [4.78, 5) is 13.5. The molecule has 1 aromatic heterocycles. The highest BCUT2D eigenvalue weighted by Crippen LogP contribution is 2.50. The molecule has 0 spiro atoms. The molecule has 1 aliphatic heterocycles. The predicted molar refractivity (Wildman–Crippen MR) is 128 cm³/mol. The fourth-order valence-electron chi connectivity index (χ4n) is 6.37. The summed E-state index contributed by atoms with van der Waals surface area (Å²) < 4.78 is 2.18. The van der Waals surface area contributed by atoms with E-state index in [0.717, 1.165) is 23.6 Å². The van der Waals surface area contributed by atoms with Gasteiger partial charge in [0, 0.05) is 36.6 Å². The van der Waals surface area contributed by atoms with Crippen LogP contribution in [0.4, 0.5) is 0 Å². The van der Waals surface area contributed by atoms with Crippen molar-refractivity contribution in [3.8, 4) is 0 Å². The van der Waals surface area contributed by atoms with Crippen molar-refractivity contribution in [2.75, 3.05) is 0 Å².